The van der Waals surface area contributed by atoms with E-state index in [9.17, 15) is 14.3 Å². The molecule has 0 unspecified atom stereocenters. The van der Waals surface area contributed by atoms with E-state index in [1.165, 1.54) is 12.1 Å². The number of rotatable bonds is 2. The third-order valence-electron chi connectivity index (χ3n) is 5.53. The van der Waals surface area contributed by atoms with Gasteiger partial charge < -0.3 is 10.0 Å². The number of nitriles is 1. The van der Waals surface area contributed by atoms with Crippen LogP contribution in [0.3, 0.4) is 0 Å². The fourth-order valence-electron chi connectivity index (χ4n) is 4.29. The molecule has 26 heavy (non-hydrogen) atoms. The number of aromatic nitrogens is 2. The normalized spacial score (nSPS) is 27.8. The van der Waals surface area contributed by atoms with Crippen LogP contribution in [0.4, 0.5) is 4.39 Å². The highest BCUT2D eigenvalue weighted by Crippen LogP contribution is 2.41. The van der Waals surface area contributed by atoms with Crippen molar-refractivity contribution in [1.29, 1.82) is 5.26 Å². The molecule has 2 aliphatic rings. The Morgan fingerprint density at radius 3 is 2.73 bits per heavy atom. The van der Waals surface area contributed by atoms with Gasteiger partial charge in [-0.15, -0.1) is 0 Å². The van der Waals surface area contributed by atoms with Crippen LogP contribution < -0.4 is 0 Å². The molecule has 0 spiro atoms. The molecule has 1 aliphatic heterocycles. The maximum Gasteiger partial charge on any atom is 0.254 e. The summed E-state index contributed by atoms with van der Waals surface area (Å²) in [5.74, 6) is -0.344. The Balaban J connectivity index is 1.51. The molecule has 1 saturated carbocycles. The van der Waals surface area contributed by atoms with Gasteiger partial charge in [0, 0.05) is 31.0 Å². The Bertz CT molecular complexity index is 861. The molecule has 1 N–H and O–H groups in total. The van der Waals surface area contributed by atoms with Gasteiger partial charge in [0.2, 0.25) is 0 Å². The molecule has 4 rings (SSSR count). The molecule has 1 saturated heterocycles. The fourth-order valence-corrected chi connectivity index (χ4v) is 4.29. The van der Waals surface area contributed by atoms with Gasteiger partial charge in [-0.3, -0.25) is 9.48 Å². The zero-order chi connectivity index (χ0) is 18.3. The highest BCUT2D eigenvalue weighted by atomic mass is 19.1. The van der Waals surface area contributed by atoms with Gasteiger partial charge in [-0.05, 0) is 48.9 Å². The molecular weight excluding hydrogens is 335 g/mol. The van der Waals surface area contributed by atoms with Crippen LogP contribution in [0.5, 0.6) is 0 Å². The lowest BCUT2D eigenvalue weighted by Crippen LogP contribution is -2.36. The summed E-state index contributed by atoms with van der Waals surface area (Å²) in [5, 5.41) is 23.7. The number of hydrogen-bond acceptors (Lipinski definition) is 4. The van der Waals surface area contributed by atoms with Gasteiger partial charge in [0.05, 0.1) is 23.8 Å². The molecule has 134 valence electrons. The Kier molecular flexibility index (Phi) is 4.21. The quantitative estimate of drug-likeness (QED) is 0.894. The first-order valence-corrected chi connectivity index (χ1v) is 8.72. The number of benzene rings is 1. The molecule has 1 amide bonds. The summed E-state index contributed by atoms with van der Waals surface area (Å²) in [6.07, 6.45) is 4.42. The topological polar surface area (TPSA) is 82.2 Å². The van der Waals surface area contributed by atoms with E-state index in [2.05, 4.69) is 5.10 Å². The van der Waals surface area contributed by atoms with Crippen molar-refractivity contribution in [3.8, 4) is 6.07 Å². The number of hydrogen-bond donors (Lipinski definition) is 1. The summed E-state index contributed by atoms with van der Waals surface area (Å²) >= 11 is 0. The molecule has 1 aliphatic carbocycles. The lowest BCUT2D eigenvalue weighted by molar-refractivity contribution is 0.0306. The van der Waals surface area contributed by atoms with E-state index in [1.807, 2.05) is 18.3 Å². The second-order valence-corrected chi connectivity index (χ2v) is 7.16. The number of halogens is 1. The second kappa shape index (κ2) is 6.54. The number of fused-ring (bicyclic) bond motifs is 1. The van der Waals surface area contributed by atoms with Crippen LogP contribution in [0.25, 0.3) is 0 Å². The van der Waals surface area contributed by atoms with E-state index < -0.39 is 11.9 Å². The molecule has 7 heteroatoms. The van der Waals surface area contributed by atoms with Gasteiger partial charge in [-0.1, -0.05) is 0 Å². The molecule has 4 atom stereocenters. The highest BCUT2D eigenvalue weighted by Gasteiger charge is 2.43. The van der Waals surface area contributed by atoms with Gasteiger partial charge in [-0.25, -0.2) is 4.39 Å². The minimum atomic E-state index is -0.585. The molecule has 2 aromatic rings. The van der Waals surface area contributed by atoms with Crippen LogP contribution in [0.2, 0.25) is 0 Å². The summed E-state index contributed by atoms with van der Waals surface area (Å²) in [6.45, 7) is 1.12. The largest absolute Gasteiger partial charge is 0.391 e. The molecule has 2 heterocycles. The summed E-state index contributed by atoms with van der Waals surface area (Å²) in [4.78, 5) is 14.5. The second-order valence-electron chi connectivity index (χ2n) is 7.16. The number of carbonyl (C=O) groups excluding carboxylic acids is 1. The summed E-state index contributed by atoms with van der Waals surface area (Å²) in [5.41, 5.74) is 0.337. The van der Waals surface area contributed by atoms with Crippen molar-refractivity contribution in [2.24, 2.45) is 11.8 Å². The zero-order valence-corrected chi connectivity index (χ0v) is 14.1. The maximum atomic E-state index is 13.7. The molecule has 1 aromatic carbocycles. The first-order valence-electron chi connectivity index (χ1n) is 8.72. The van der Waals surface area contributed by atoms with Crippen molar-refractivity contribution in [1.82, 2.24) is 14.7 Å². The highest BCUT2D eigenvalue weighted by molar-refractivity contribution is 5.94. The number of carbonyl (C=O) groups is 1. The predicted octanol–water partition coefficient (Wildman–Crippen LogP) is 1.98. The maximum absolute atomic E-state index is 13.7. The Morgan fingerprint density at radius 1 is 1.27 bits per heavy atom. The van der Waals surface area contributed by atoms with Crippen molar-refractivity contribution in [2.45, 2.75) is 25.0 Å². The van der Waals surface area contributed by atoms with Crippen LogP contribution in [-0.4, -0.2) is 44.9 Å². The van der Waals surface area contributed by atoms with Crippen molar-refractivity contribution < 1.29 is 14.3 Å². The van der Waals surface area contributed by atoms with Gasteiger partial charge in [-0.2, -0.15) is 10.4 Å². The average Bonchev–Trinajstić information content (AvgIpc) is 3.28. The first-order chi connectivity index (χ1) is 12.5. The van der Waals surface area contributed by atoms with Crippen molar-refractivity contribution >= 4 is 5.91 Å². The van der Waals surface area contributed by atoms with Gasteiger partial charge in [0.1, 0.15) is 5.82 Å². The van der Waals surface area contributed by atoms with Crippen LogP contribution in [0, 0.1) is 29.0 Å². The number of aliphatic hydroxyl groups excluding tert-OH is 1. The van der Waals surface area contributed by atoms with E-state index in [1.54, 1.807) is 15.8 Å². The number of nitrogens with zero attached hydrogens (tertiary/aromatic N) is 4. The standard InChI is InChI=1S/C19H19FN4O2/c20-16-5-12(9-21)4-13(6-16)19(26)23-10-14-7-17(24-3-1-2-22-24)18(25)8-15(14)11-23/h1-6,14-15,17-18,25H,7-8,10-11H2/t14-,15+,17-,18-/m1/s1. The number of likely N-dealkylation sites (tertiary alicyclic amines) is 1. The van der Waals surface area contributed by atoms with Gasteiger partial charge in [0.15, 0.2) is 0 Å². The van der Waals surface area contributed by atoms with E-state index >= 15 is 0 Å². The Labute approximate surface area is 150 Å². The van der Waals surface area contributed by atoms with Crippen molar-refractivity contribution in [2.75, 3.05) is 13.1 Å². The van der Waals surface area contributed by atoms with E-state index in [0.29, 0.717) is 19.5 Å². The molecular formula is C19H19FN4O2. The minimum absolute atomic E-state index is 0.0827. The third kappa shape index (κ3) is 2.97. The Hall–Kier alpha value is -2.72. The molecule has 0 bridgehead atoms. The fraction of sp³-hybridized carbons (Fsp3) is 0.421. The predicted molar refractivity (Wildman–Crippen MR) is 90.5 cm³/mol. The van der Waals surface area contributed by atoms with Crippen LogP contribution in [0.15, 0.2) is 36.7 Å². The Morgan fingerprint density at radius 2 is 2.04 bits per heavy atom. The number of aliphatic hydroxyl groups is 1. The molecule has 0 radical (unpaired) electrons. The summed E-state index contributed by atoms with van der Waals surface area (Å²) in [6, 6.07) is 7.34. The minimum Gasteiger partial charge on any atom is -0.391 e. The van der Waals surface area contributed by atoms with Crippen molar-refractivity contribution in [3.05, 3.63) is 53.6 Å². The smallest absolute Gasteiger partial charge is 0.254 e. The molecule has 2 fully saturated rings. The van der Waals surface area contributed by atoms with E-state index in [-0.39, 0.29) is 34.9 Å². The van der Waals surface area contributed by atoms with E-state index in [4.69, 9.17) is 5.26 Å². The lowest BCUT2D eigenvalue weighted by Gasteiger charge is -2.35. The third-order valence-corrected chi connectivity index (χ3v) is 5.53. The zero-order valence-electron chi connectivity index (χ0n) is 14.1. The van der Waals surface area contributed by atoms with Crippen LogP contribution in [0.1, 0.15) is 34.8 Å². The molecule has 1 aromatic heterocycles. The molecule has 6 nitrogen and oxygen atoms in total. The average molecular weight is 354 g/mol. The van der Waals surface area contributed by atoms with Gasteiger partial charge in [0.25, 0.3) is 5.91 Å². The van der Waals surface area contributed by atoms with Gasteiger partial charge >= 0.3 is 0 Å². The SMILES string of the molecule is N#Cc1cc(F)cc(C(=O)N2C[C@H]3C[C@@H](n4cccn4)[C@H](O)C[C@H]3C2)c1. The first kappa shape index (κ1) is 16.7. The number of amides is 1. The van der Waals surface area contributed by atoms with Crippen molar-refractivity contribution in [3.63, 3.8) is 0 Å². The lowest BCUT2D eigenvalue weighted by atomic mass is 9.77. The van der Waals surface area contributed by atoms with E-state index in [0.717, 1.165) is 12.5 Å². The summed E-state index contributed by atoms with van der Waals surface area (Å²) in [7, 11) is 0. The monoisotopic (exact) mass is 354 g/mol. The summed E-state index contributed by atoms with van der Waals surface area (Å²) < 4.78 is 15.4. The van der Waals surface area contributed by atoms with Crippen LogP contribution in [-0.2, 0) is 0 Å². The van der Waals surface area contributed by atoms with Crippen LogP contribution >= 0.6 is 0 Å².